The Morgan fingerprint density at radius 3 is 1.32 bits per heavy atom. The van der Waals surface area contributed by atoms with Gasteiger partial charge in [-0.15, -0.1) is 0 Å². The molecule has 0 bridgehead atoms. The summed E-state index contributed by atoms with van der Waals surface area (Å²) >= 11 is 0. The Balaban J connectivity index is 0.000000289. The largest absolute Gasteiger partial charge is 0.372 e. The van der Waals surface area contributed by atoms with Crippen molar-refractivity contribution in [1.82, 2.24) is 0 Å². The van der Waals surface area contributed by atoms with Crippen LogP contribution in [-0.2, 0) is 0 Å². The Bertz CT molecular complexity index is 394. The molecular weight excluding hydrogens is 338 g/mol. The molecule has 0 spiro atoms. The van der Waals surface area contributed by atoms with Gasteiger partial charge < -0.3 is 4.90 Å². The molecule has 1 fully saturated rings. The van der Waals surface area contributed by atoms with Crippen LogP contribution in [0.5, 0.6) is 0 Å². The molecule has 0 saturated carbocycles. The van der Waals surface area contributed by atoms with Gasteiger partial charge in [0.05, 0.1) is 0 Å². The van der Waals surface area contributed by atoms with Crippen LogP contribution in [0.4, 0.5) is 5.69 Å². The lowest BCUT2D eigenvalue weighted by Gasteiger charge is -2.28. The van der Waals surface area contributed by atoms with E-state index < -0.39 is 0 Å². The van der Waals surface area contributed by atoms with Crippen molar-refractivity contribution in [3.8, 4) is 0 Å². The molecule has 1 aliphatic rings. The summed E-state index contributed by atoms with van der Waals surface area (Å²) in [5, 5.41) is 0. The maximum atomic E-state index is 2.48. The average molecular weight is 388 g/mol. The van der Waals surface area contributed by atoms with Gasteiger partial charge in [0.15, 0.2) is 0 Å². The van der Waals surface area contributed by atoms with E-state index in [1.54, 1.807) is 0 Å². The van der Waals surface area contributed by atoms with Crippen molar-refractivity contribution in [1.29, 1.82) is 0 Å². The molecule has 0 amide bonds. The topological polar surface area (TPSA) is 3.24 Å². The zero-order valence-electron chi connectivity index (χ0n) is 19.3. The van der Waals surface area contributed by atoms with Gasteiger partial charge in [-0.2, -0.15) is 0 Å². The fourth-order valence-corrected chi connectivity index (χ4v) is 4.06. The molecule has 1 aromatic rings. The highest BCUT2D eigenvalue weighted by atomic mass is 15.1. The van der Waals surface area contributed by atoms with Gasteiger partial charge in [0, 0.05) is 18.8 Å². The predicted molar refractivity (Wildman–Crippen MR) is 128 cm³/mol. The van der Waals surface area contributed by atoms with E-state index in [0.717, 1.165) is 0 Å². The number of rotatable bonds is 14. The lowest BCUT2D eigenvalue weighted by atomic mass is 10.0. The molecule has 28 heavy (non-hydrogen) atoms. The molecule has 0 atom stereocenters. The van der Waals surface area contributed by atoms with Gasteiger partial charge in [0.25, 0.3) is 0 Å². The summed E-state index contributed by atoms with van der Waals surface area (Å²) in [6, 6.07) is 10.7. The highest BCUT2D eigenvalue weighted by molar-refractivity contribution is 5.46. The number of nitrogens with zero attached hydrogens (tertiary/aromatic N) is 1. The van der Waals surface area contributed by atoms with Crippen LogP contribution in [0.2, 0.25) is 0 Å². The third-order valence-corrected chi connectivity index (χ3v) is 5.93. The van der Waals surface area contributed by atoms with Crippen LogP contribution in [0.25, 0.3) is 0 Å². The molecule has 162 valence electrons. The van der Waals surface area contributed by atoms with Crippen LogP contribution in [0.1, 0.15) is 123 Å². The van der Waals surface area contributed by atoms with E-state index in [1.807, 2.05) is 0 Å². The van der Waals surface area contributed by atoms with Crippen molar-refractivity contribution < 1.29 is 0 Å². The molecule has 2 rings (SSSR count). The molecule has 1 nitrogen and oxygen atoms in total. The lowest BCUT2D eigenvalue weighted by Crippen LogP contribution is -2.29. The quantitative estimate of drug-likeness (QED) is 0.287. The number of hydrogen-bond donors (Lipinski definition) is 0. The van der Waals surface area contributed by atoms with Gasteiger partial charge in [-0.1, -0.05) is 122 Å². The third-order valence-electron chi connectivity index (χ3n) is 5.93. The van der Waals surface area contributed by atoms with E-state index in [2.05, 4.69) is 49.1 Å². The van der Waals surface area contributed by atoms with Crippen LogP contribution in [-0.4, -0.2) is 13.1 Å². The fraction of sp³-hybridized carbons (Fsp3) is 0.778. The maximum Gasteiger partial charge on any atom is 0.0366 e. The Morgan fingerprint density at radius 1 is 0.536 bits per heavy atom. The molecule has 0 aromatic heterocycles. The Labute approximate surface area is 177 Å². The minimum atomic E-state index is 1.24. The number of anilines is 1. The SMILES string of the molecule is CCCCCCCCCCCCCCCC.c1ccc(N2CCCCC2)cc1. The molecule has 1 heteroatoms. The summed E-state index contributed by atoms with van der Waals surface area (Å²) in [5.74, 6) is 0. The highest BCUT2D eigenvalue weighted by Crippen LogP contribution is 2.18. The zero-order chi connectivity index (χ0) is 20.1. The third kappa shape index (κ3) is 14.1. The second-order valence-corrected chi connectivity index (χ2v) is 8.63. The number of piperidine rings is 1. The first-order chi connectivity index (χ1) is 13.9. The van der Waals surface area contributed by atoms with Gasteiger partial charge in [-0.25, -0.2) is 0 Å². The van der Waals surface area contributed by atoms with Crippen LogP contribution in [0, 0.1) is 0 Å². The number of benzene rings is 1. The van der Waals surface area contributed by atoms with E-state index in [4.69, 9.17) is 0 Å². The first kappa shape index (κ1) is 25.1. The predicted octanol–water partition coefficient (Wildman–Crippen LogP) is 9.16. The summed E-state index contributed by atoms with van der Waals surface area (Å²) < 4.78 is 0. The summed E-state index contributed by atoms with van der Waals surface area (Å²) in [5.41, 5.74) is 1.39. The Kier molecular flexibility index (Phi) is 17.3. The van der Waals surface area contributed by atoms with Crippen molar-refractivity contribution >= 4 is 5.69 Å². The minimum Gasteiger partial charge on any atom is -0.372 e. The molecule has 1 aromatic carbocycles. The fourth-order valence-electron chi connectivity index (χ4n) is 4.06. The molecule has 0 radical (unpaired) electrons. The van der Waals surface area contributed by atoms with Gasteiger partial charge in [0.1, 0.15) is 0 Å². The summed E-state index contributed by atoms with van der Waals surface area (Å²) in [6.45, 7) is 7.06. The normalized spacial score (nSPS) is 13.9. The molecule has 0 N–H and O–H groups in total. The van der Waals surface area contributed by atoms with Crippen LogP contribution in [0.3, 0.4) is 0 Å². The van der Waals surface area contributed by atoms with E-state index in [9.17, 15) is 0 Å². The first-order valence-electron chi connectivity index (χ1n) is 12.7. The summed E-state index contributed by atoms with van der Waals surface area (Å²) in [7, 11) is 0. The zero-order valence-corrected chi connectivity index (χ0v) is 19.3. The van der Waals surface area contributed by atoms with Crippen LogP contribution in [0.15, 0.2) is 30.3 Å². The Hall–Kier alpha value is -0.980. The number of unbranched alkanes of at least 4 members (excludes halogenated alkanes) is 13. The number of para-hydroxylation sites is 1. The first-order valence-corrected chi connectivity index (χ1v) is 12.7. The average Bonchev–Trinajstić information content (AvgIpc) is 2.76. The standard InChI is InChI=1S/C16H34.C11H15N/c1-3-5-7-9-11-13-15-16-14-12-10-8-6-4-2;1-3-7-11(8-4-1)12-9-5-2-6-10-12/h3-16H2,1-2H3;1,3-4,7-8H,2,5-6,9-10H2. The van der Waals surface area contributed by atoms with Gasteiger partial charge >= 0.3 is 0 Å². The Morgan fingerprint density at radius 2 is 0.929 bits per heavy atom. The molecule has 1 saturated heterocycles. The van der Waals surface area contributed by atoms with Gasteiger partial charge in [0.2, 0.25) is 0 Å². The molecule has 0 aliphatic carbocycles. The summed E-state index contributed by atoms with van der Waals surface area (Å²) in [4.78, 5) is 2.48. The number of hydrogen-bond acceptors (Lipinski definition) is 1. The van der Waals surface area contributed by atoms with Crippen molar-refractivity contribution in [3.63, 3.8) is 0 Å². The van der Waals surface area contributed by atoms with Crippen molar-refractivity contribution in [2.75, 3.05) is 18.0 Å². The second-order valence-electron chi connectivity index (χ2n) is 8.63. The highest BCUT2D eigenvalue weighted by Gasteiger charge is 2.09. The van der Waals surface area contributed by atoms with Crippen molar-refractivity contribution in [2.45, 2.75) is 123 Å². The van der Waals surface area contributed by atoms with E-state index in [1.165, 1.54) is 128 Å². The maximum absolute atomic E-state index is 2.48. The van der Waals surface area contributed by atoms with Crippen molar-refractivity contribution in [3.05, 3.63) is 30.3 Å². The van der Waals surface area contributed by atoms with E-state index in [0.29, 0.717) is 0 Å². The molecular formula is C27H49N. The van der Waals surface area contributed by atoms with E-state index >= 15 is 0 Å². The molecule has 0 unspecified atom stereocenters. The lowest BCUT2D eigenvalue weighted by molar-refractivity contribution is 0.538. The van der Waals surface area contributed by atoms with E-state index in [-0.39, 0.29) is 0 Å². The van der Waals surface area contributed by atoms with Crippen LogP contribution < -0.4 is 4.90 Å². The smallest absolute Gasteiger partial charge is 0.0366 e. The van der Waals surface area contributed by atoms with Gasteiger partial charge in [-0.3, -0.25) is 0 Å². The second kappa shape index (κ2) is 19.3. The van der Waals surface area contributed by atoms with Gasteiger partial charge in [-0.05, 0) is 31.4 Å². The van der Waals surface area contributed by atoms with Crippen molar-refractivity contribution in [2.24, 2.45) is 0 Å². The molecule has 1 heterocycles. The van der Waals surface area contributed by atoms with Crippen LogP contribution >= 0.6 is 0 Å². The monoisotopic (exact) mass is 387 g/mol. The summed E-state index contributed by atoms with van der Waals surface area (Å²) in [6.07, 6.45) is 24.5. The molecule has 1 aliphatic heterocycles. The minimum absolute atomic E-state index is 1.24.